The second-order valence-electron chi connectivity index (χ2n) is 3.89. The molecule has 0 aliphatic carbocycles. The lowest BCUT2D eigenvalue weighted by Crippen LogP contribution is -2.31. The van der Waals surface area contributed by atoms with Crippen molar-refractivity contribution in [3.05, 3.63) is 35.4 Å². The van der Waals surface area contributed by atoms with Crippen molar-refractivity contribution in [2.45, 2.75) is 6.42 Å². The molecule has 0 radical (unpaired) electrons. The molecule has 0 spiro atoms. The standard InChI is InChI=1S/C12H14N2O3S/c1-14(7-11(15)16)12(17)9-4-2-8(3-5-9)6-10(13)18/h2-5H,6-7H2,1H3,(H2,13,18)(H,15,16). The van der Waals surface area contributed by atoms with Gasteiger partial charge in [0.05, 0.1) is 4.99 Å². The van der Waals surface area contributed by atoms with Crippen LogP contribution in [0.5, 0.6) is 0 Å². The fourth-order valence-corrected chi connectivity index (χ4v) is 1.63. The highest BCUT2D eigenvalue weighted by Gasteiger charge is 2.13. The Hall–Kier alpha value is -1.95. The van der Waals surface area contributed by atoms with E-state index in [2.05, 4.69) is 0 Å². The Morgan fingerprint density at radius 3 is 2.33 bits per heavy atom. The van der Waals surface area contributed by atoms with Crippen LogP contribution in [0.3, 0.4) is 0 Å². The minimum atomic E-state index is -1.05. The number of hydrogen-bond donors (Lipinski definition) is 2. The summed E-state index contributed by atoms with van der Waals surface area (Å²) in [5.41, 5.74) is 6.77. The third-order valence-electron chi connectivity index (χ3n) is 2.30. The Labute approximate surface area is 110 Å². The number of nitrogens with two attached hydrogens (primary N) is 1. The molecule has 1 aromatic carbocycles. The van der Waals surface area contributed by atoms with Crippen molar-refractivity contribution in [2.24, 2.45) is 5.73 Å². The van der Waals surface area contributed by atoms with Crippen LogP contribution in [0, 0.1) is 0 Å². The number of rotatable bonds is 5. The van der Waals surface area contributed by atoms with Crippen LogP contribution < -0.4 is 5.73 Å². The quantitative estimate of drug-likeness (QED) is 0.765. The number of carbonyl (C=O) groups excluding carboxylic acids is 1. The maximum Gasteiger partial charge on any atom is 0.323 e. The Balaban J connectivity index is 2.75. The summed E-state index contributed by atoms with van der Waals surface area (Å²) in [6.07, 6.45) is 0.481. The van der Waals surface area contributed by atoms with Gasteiger partial charge in [0.15, 0.2) is 0 Å². The van der Waals surface area contributed by atoms with Crippen LogP contribution in [-0.4, -0.2) is 40.5 Å². The molecule has 3 N–H and O–H groups in total. The van der Waals surface area contributed by atoms with Gasteiger partial charge in [0.25, 0.3) is 5.91 Å². The third-order valence-corrected chi connectivity index (χ3v) is 2.44. The normalized spacial score (nSPS) is 9.83. The smallest absolute Gasteiger partial charge is 0.323 e. The topological polar surface area (TPSA) is 83.6 Å². The molecular formula is C12H14N2O3S. The van der Waals surface area contributed by atoms with Crippen molar-refractivity contribution in [1.82, 2.24) is 4.90 Å². The Kier molecular flexibility index (Phi) is 4.79. The number of carbonyl (C=O) groups is 2. The van der Waals surface area contributed by atoms with E-state index in [4.69, 9.17) is 23.1 Å². The lowest BCUT2D eigenvalue weighted by Gasteiger charge is -2.14. The highest BCUT2D eigenvalue weighted by Crippen LogP contribution is 2.07. The number of aliphatic carboxylic acids is 1. The third kappa shape index (κ3) is 4.14. The van der Waals surface area contributed by atoms with Crippen LogP contribution in [0.2, 0.25) is 0 Å². The van der Waals surface area contributed by atoms with Crippen LogP contribution in [-0.2, 0) is 11.2 Å². The lowest BCUT2D eigenvalue weighted by molar-refractivity contribution is -0.137. The molecule has 1 aromatic rings. The number of amides is 1. The molecule has 5 nitrogen and oxygen atoms in total. The van der Waals surface area contributed by atoms with E-state index in [9.17, 15) is 9.59 Å². The van der Waals surface area contributed by atoms with Gasteiger partial charge in [-0.1, -0.05) is 24.4 Å². The minimum absolute atomic E-state index is 0.326. The maximum absolute atomic E-state index is 11.8. The Bertz CT molecular complexity index is 471. The first-order valence-corrected chi connectivity index (χ1v) is 5.65. The molecule has 1 rings (SSSR count). The number of benzene rings is 1. The van der Waals surface area contributed by atoms with Crippen molar-refractivity contribution in [1.29, 1.82) is 0 Å². The average Bonchev–Trinajstić information content (AvgIpc) is 2.27. The zero-order valence-electron chi connectivity index (χ0n) is 9.92. The van der Waals surface area contributed by atoms with Gasteiger partial charge in [-0.3, -0.25) is 9.59 Å². The molecule has 0 saturated heterocycles. The molecule has 0 heterocycles. The first-order valence-electron chi connectivity index (χ1n) is 5.24. The number of nitrogens with zero attached hydrogens (tertiary/aromatic N) is 1. The Morgan fingerprint density at radius 1 is 1.33 bits per heavy atom. The summed E-state index contributed by atoms with van der Waals surface area (Å²) < 4.78 is 0. The molecule has 1 amide bonds. The number of likely N-dealkylation sites (N-methyl/N-ethyl adjacent to an activating group) is 1. The van der Waals surface area contributed by atoms with E-state index in [0.29, 0.717) is 17.0 Å². The average molecular weight is 266 g/mol. The maximum atomic E-state index is 11.8. The van der Waals surface area contributed by atoms with Gasteiger partial charge < -0.3 is 15.7 Å². The second kappa shape index (κ2) is 6.11. The molecule has 0 aliphatic rings. The SMILES string of the molecule is CN(CC(=O)O)C(=O)c1ccc(CC(N)=S)cc1. The minimum Gasteiger partial charge on any atom is -0.480 e. The summed E-state index contributed by atoms with van der Waals surface area (Å²) in [6, 6.07) is 6.77. The predicted molar refractivity (Wildman–Crippen MR) is 71.5 cm³/mol. The van der Waals surface area contributed by atoms with E-state index in [-0.39, 0.29) is 12.5 Å². The van der Waals surface area contributed by atoms with Crippen molar-refractivity contribution < 1.29 is 14.7 Å². The van der Waals surface area contributed by atoms with Gasteiger partial charge in [-0.2, -0.15) is 0 Å². The van der Waals surface area contributed by atoms with Crippen LogP contribution >= 0.6 is 12.2 Å². The molecule has 18 heavy (non-hydrogen) atoms. The zero-order valence-corrected chi connectivity index (χ0v) is 10.7. The fraction of sp³-hybridized carbons (Fsp3) is 0.250. The van der Waals surface area contributed by atoms with E-state index >= 15 is 0 Å². The largest absolute Gasteiger partial charge is 0.480 e. The van der Waals surface area contributed by atoms with Gasteiger partial charge in [-0.25, -0.2) is 0 Å². The molecule has 0 atom stereocenters. The van der Waals surface area contributed by atoms with Crippen molar-refractivity contribution in [3.8, 4) is 0 Å². The predicted octanol–water partition coefficient (Wildman–Crippen LogP) is 0.672. The first kappa shape index (κ1) is 14.1. The molecular weight excluding hydrogens is 252 g/mol. The summed E-state index contributed by atoms with van der Waals surface area (Å²) in [4.78, 5) is 23.9. The number of hydrogen-bond acceptors (Lipinski definition) is 3. The Morgan fingerprint density at radius 2 is 1.89 bits per heavy atom. The highest BCUT2D eigenvalue weighted by molar-refractivity contribution is 7.80. The molecule has 0 aliphatic heterocycles. The van der Waals surface area contributed by atoms with E-state index in [0.717, 1.165) is 10.5 Å². The summed E-state index contributed by atoms with van der Waals surface area (Å²) >= 11 is 4.79. The molecule has 0 saturated carbocycles. The monoisotopic (exact) mass is 266 g/mol. The molecule has 0 bridgehead atoms. The first-order chi connectivity index (χ1) is 8.40. The summed E-state index contributed by atoms with van der Waals surface area (Å²) in [7, 11) is 1.44. The summed E-state index contributed by atoms with van der Waals surface area (Å²) in [5, 5.41) is 8.60. The van der Waals surface area contributed by atoms with Gasteiger partial charge in [0.2, 0.25) is 0 Å². The van der Waals surface area contributed by atoms with Crippen LogP contribution in [0.25, 0.3) is 0 Å². The van der Waals surface area contributed by atoms with E-state index < -0.39 is 5.97 Å². The summed E-state index contributed by atoms with van der Waals surface area (Å²) in [6.45, 7) is -0.326. The van der Waals surface area contributed by atoms with Gasteiger partial charge in [0.1, 0.15) is 6.54 Å². The number of carboxylic acids is 1. The summed E-state index contributed by atoms with van der Waals surface area (Å²) in [5.74, 6) is -1.38. The van der Waals surface area contributed by atoms with E-state index in [1.165, 1.54) is 7.05 Å². The molecule has 0 unspecified atom stereocenters. The molecule has 0 fully saturated rings. The van der Waals surface area contributed by atoms with Crippen LogP contribution in [0.15, 0.2) is 24.3 Å². The second-order valence-corrected chi connectivity index (χ2v) is 4.42. The lowest BCUT2D eigenvalue weighted by atomic mass is 10.1. The van der Waals surface area contributed by atoms with E-state index in [1.807, 2.05) is 0 Å². The zero-order chi connectivity index (χ0) is 13.7. The van der Waals surface area contributed by atoms with Gasteiger partial charge in [-0.15, -0.1) is 0 Å². The van der Waals surface area contributed by atoms with E-state index in [1.54, 1.807) is 24.3 Å². The number of thiocarbonyl (C=S) groups is 1. The number of carboxylic acid groups (broad SMARTS) is 1. The van der Waals surface area contributed by atoms with Crippen LogP contribution in [0.1, 0.15) is 15.9 Å². The van der Waals surface area contributed by atoms with Gasteiger partial charge >= 0.3 is 5.97 Å². The highest BCUT2D eigenvalue weighted by atomic mass is 32.1. The molecule has 6 heteroatoms. The molecule has 96 valence electrons. The van der Waals surface area contributed by atoms with Crippen molar-refractivity contribution >= 4 is 29.1 Å². The van der Waals surface area contributed by atoms with Gasteiger partial charge in [0, 0.05) is 19.0 Å². The molecule has 0 aromatic heterocycles. The van der Waals surface area contributed by atoms with Crippen molar-refractivity contribution in [3.63, 3.8) is 0 Å². The fourth-order valence-electron chi connectivity index (χ4n) is 1.46. The van der Waals surface area contributed by atoms with Gasteiger partial charge in [-0.05, 0) is 17.7 Å². The van der Waals surface area contributed by atoms with Crippen LogP contribution in [0.4, 0.5) is 0 Å². The van der Waals surface area contributed by atoms with Crippen molar-refractivity contribution in [2.75, 3.05) is 13.6 Å².